The number of benzene rings is 3. The third kappa shape index (κ3) is 5.40. The number of rotatable bonds is 7. The lowest BCUT2D eigenvalue weighted by Crippen LogP contribution is -2.39. The normalized spacial score (nSPS) is 15.7. The first kappa shape index (κ1) is 24.5. The fourth-order valence-electron chi connectivity index (χ4n) is 4.56. The number of carbonyl (C=O) groups excluding carboxylic acids is 2. The highest BCUT2D eigenvalue weighted by molar-refractivity contribution is 6.11. The van der Waals surface area contributed by atoms with E-state index >= 15 is 0 Å². The molecule has 0 fully saturated rings. The van der Waals surface area contributed by atoms with Crippen LogP contribution in [0.1, 0.15) is 54.6 Å². The second-order valence-electron chi connectivity index (χ2n) is 9.56. The van der Waals surface area contributed by atoms with E-state index in [1.165, 1.54) is 5.56 Å². The van der Waals surface area contributed by atoms with E-state index in [1.807, 2.05) is 66.4 Å². The average molecular weight is 471 g/mol. The van der Waals surface area contributed by atoms with Crippen molar-refractivity contribution in [3.05, 3.63) is 89.5 Å². The van der Waals surface area contributed by atoms with Crippen molar-refractivity contribution in [3.8, 4) is 5.75 Å². The average Bonchev–Trinajstić information content (AvgIpc) is 2.96. The third-order valence-electron chi connectivity index (χ3n) is 6.45. The molecule has 1 heterocycles. The molecule has 0 aliphatic carbocycles. The Bertz CT molecular complexity index is 1190. The zero-order valence-corrected chi connectivity index (χ0v) is 21.0. The molecule has 4 rings (SSSR count). The Morgan fingerprint density at radius 1 is 1.00 bits per heavy atom. The lowest BCUT2D eigenvalue weighted by Gasteiger charge is -2.25. The second-order valence-corrected chi connectivity index (χ2v) is 9.56. The van der Waals surface area contributed by atoms with E-state index in [0.29, 0.717) is 37.6 Å². The fraction of sp³-hybridized carbons (Fsp3) is 0.333. The monoisotopic (exact) mass is 470 g/mol. The highest BCUT2D eigenvalue weighted by atomic mass is 16.5. The largest absolute Gasteiger partial charge is 0.493 e. The van der Waals surface area contributed by atoms with Gasteiger partial charge < -0.3 is 14.5 Å². The number of hydrogen-bond donors (Lipinski definition) is 0. The highest BCUT2D eigenvalue weighted by Gasteiger charge is 2.33. The van der Waals surface area contributed by atoms with E-state index in [0.717, 1.165) is 22.7 Å². The van der Waals surface area contributed by atoms with Crippen molar-refractivity contribution in [2.45, 2.75) is 40.0 Å². The van der Waals surface area contributed by atoms with Crippen LogP contribution in [0.15, 0.2) is 72.8 Å². The molecule has 1 unspecified atom stereocenters. The van der Waals surface area contributed by atoms with Gasteiger partial charge in [-0.25, -0.2) is 0 Å². The van der Waals surface area contributed by atoms with Crippen LogP contribution in [0.5, 0.6) is 5.75 Å². The Morgan fingerprint density at radius 2 is 1.69 bits per heavy atom. The quantitative estimate of drug-likeness (QED) is 0.385. The number of carbonyl (C=O) groups is 2. The summed E-state index contributed by atoms with van der Waals surface area (Å²) in [5.41, 5.74) is 4.50. The number of para-hydroxylation sites is 2. The summed E-state index contributed by atoms with van der Waals surface area (Å²) in [5, 5.41) is 0. The summed E-state index contributed by atoms with van der Waals surface area (Å²) in [5.74, 6) is 0.900. The Morgan fingerprint density at radius 3 is 2.40 bits per heavy atom. The summed E-state index contributed by atoms with van der Waals surface area (Å²) in [6.45, 7) is 9.66. The first-order chi connectivity index (χ1) is 16.9. The maximum Gasteiger partial charge on any atom is 0.258 e. The Labute approximate surface area is 208 Å². The molecule has 0 saturated carbocycles. The Balaban J connectivity index is 1.53. The minimum absolute atomic E-state index is 0.0271. The van der Waals surface area contributed by atoms with Crippen LogP contribution >= 0.6 is 0 Å². The van der Waals surface area contributed by atoms with Crippen molar-refractivity contribution >= 4 is 23.2 Å². The van der Waals surface area contributed by atoms with Gasteiger partial charge in [0.2, 0.25) is 5.91 Å². The molecule has 5 nitrogen and oxygen atoms in total. The molecule has 1 atom stereocenters. The number of hydrogen-bond acceptors (Lipinski definition) is 3. The number of anilines is 2. The molecule has 1 aliphatic heterocycles. The van der Waals surface area contributed by atoms with Gasteiger partial charge in [-0.15, -0.1) is 0 Å². The van der Waals surface area contributed by atoms with Crippen LogP contribution in [-0.2, 0) is 4.79 Å². The van der Waals surface area contributed by atoms with E-state index < -0.39 is 0 Å². The van der Waals surface area contributed by atoms with Crippen molar-refractivity contribution in [2.24, 2.45) is 5.92 Å². The lowest BCUT2D eigenvalue weighted by atomic mass is 10.0. The van der Waals surface area contributed by atoms with Crippen LogP contribution in [0.3, 0.4) is 0 Å². The molecular weight excluding hydrogens is 436 g/mol. The second kappa shape index (κ2) is 10.8. The van der Waals surface area contributed by atoms with Crippen LogP contribution < -0.4 is 14.5 Å². The molecule has 3 aromatic rings. The molecule has 0 N–H and O–H groups in total. The van der Waals surface area contributed by atoms with Crippen LogP contribution in [0.25, 0.3) is 0 Å². The van der Waals surface area contributed by atoms with Crippen LogP contribution in [-0.4, -0.2) is 31.5 Å². The molecule has 0 bridgehead atoms. The first-order valence-corrected chi connectivity index (χ1v) is 12.4. The van der Waals surface area contributed by atoms with Crippen molar-refractivity contribution in [3.63, 3.8) is 0 Å². The summed E-state index contributed by atoms with van der Waals surface area (Å²) in [6.07, 6.45) is 0.685. The number of fused-ring (bicyclic) bond motifs is 1. The standard InChI is InChI=1S/C30H34N2O3/c1-21(2)25-16-15-22(3)19-28(25)35-18-10-17-31-26-13-8-9-14-27(26)32(20-23(4)29(31)33)30(34)24-11-6-5-7-12-24/h5-9,11-16,19,21,23H,10,17-18,20H2,1-4H3. The fourth-order valence-corrected chi connectivity index (χ4v) is 4.56. The molecular formula is C30H34N2O3. The van der Waals surface area contributed by atoms with Gasteiger partial charge in [0.1, 0.15) is 5.75 Å². The van der Waals surface area contributed by atoms with E-state index in [4.69, 9.17) is 4.74 Å². The summed E-state index contributed by atoms with van der Waals surface area (Å²) in [6, 6.07) is 23.2. The highest BCUT2D eigenvalue weighted by Crippen LogP contribution is 2.35. The summed E-state index contributed by atoms with van der Waals surface area (Å²) in [7, 11) is 0. The SMILES string of the molecule is Cc1ccc(C(C)C)c(OCCCN2C(=O)C(C)CN(C(=O)c3ccccc3)c3ccccc32)c1. The molecule has 0 radical (unpaired) electrons. The number of amides is 2. The van der Waals surface area contributed by atoms with Crippen LogP contribution in [0.4, 0.5) is 11.4 Å². The van der Waals surface area contributed by atoms with Crippen molar-refractivity contribution in [1.29, 1.82) is 0 Å². The van der Waals surface area contributed by atoms with Crippen molar-refractivity contribution < 1.29 is 14.3 Å². The van der Waals surface area contributed by atoms with E-state index in [9.17, 15) is 9.59 Å². The maximum atomic E-state index is 13.4. The molecule has 0 saturated heterocycles. The molecule has 3 aromatic carbocycles. The van der Waals surface area contributed by atoms with Crippen molar-refractivity contribution in [2.75, 3.05) is 29.5 Å². The van der Waals surface area contributed by atoms with Gasteiger partial charge in [-0.05, 0) is 60.7 Å². The molecule has 0 spiro atoms. The zero-order chi connectivity index (χ0) is 24.9. The summed E-state index contributed by atoms with van der Waals surface area (Å²) >= 11 is 0. The van der Waals surface area contributed by atoms with Gasteiger partial charge in [0.25, 0.3) is 5.91 Å². The van der Waals surface area contributed by atoms with Gasteiger partial charge in [0.15, 0.2) is 0 Å². The van der Waals surface area contributed by atoms with Gasteiger partial charge in [-0.1, -0.05) is 63.2 Å². The van der Waals surface area contributed by atoms with Gasteiger partial charge in [0.05, 0.1) is 23.9 Å². The number of nitrogens with zero attached hydrogens (tertiary/aromatic N) is 2. The van der Waals surface area contributed by atoms with Gasteiger partial charge in [-0.2, -0.15) is 0 Å². The van der Waals surface area contributed by atoms with E-state index in [1.54, 1.807) is 4.90 Å². The number of ether oxygens (including phenoxy) is 1. The van der Waals surface area contributed by atoms with E-state index in [2.05, 4.69) is 39.0 Å². The van der Waals surface area contributed by atoms with Gasteiger partial charge >= 0.3 is 0 Å². The first-order valence-electron chi connectivity index (χ1n) is 12.4. The molecule has 5 heteroatoms. The van der Waals surface area contributed by atoms with Crippen LogP contribution in [0.2, 0.25) is 0 Å². The van der Waals surface area contributed by atoms with Gasteiger partial charge in [-0.3, -0.25) is 9.59 Å². The predicted molar refractivity (Wildman–Crippen MR) is 141 cm³/mol. The van der Waals surface area contributed by atoms with Gasteiger partial charge in [0, 0.05) is 18.7 Å². The maximum absolute atomic E-state index is 13.4. The smallest absolute Gasteiger partial charge is 0.258 e. The lowest BCUT2D eigenvalue weighted by molar-refractivity contribution is -0.121. The molecule has 0 aromatic heterocycles. The molecule has 35 heavy (non-hydrogen) atoms. The van der Waals surface area contributed by atoms with E-state index in [-0.39, 0.29) is 17.7 Å². The number of aryl methyl sites for hydroxylation is 1. The predicted octanol–water partition coefficient (Wildman–Crippen LogP) is 6.22. The Hall–Kier alpha value is -3.60. The molecule has 2 amide bonds. The molecule has 182 valence electrons. The Kier molecular flexibility index (Phi) is 7.54. The molecule has 1 aliphatic rings. The summed E-state index contributed by atoms with van der Waals surface area (Å²) < 4.78 is 6.17. The zero-order valence-electron chi connectivity index (χ0n) is 21.0. The topological polar surface area (TPSA) is 49.9 Å². The summed E-state index contributed by atoms with van der Waals surface area (Å²) in [4.78, 5) is 30.4. The van der Waals surface area contributed by atoms with Crippen LogP contribution in [0, 0.1) is 12.8 Å². The minimum atomic E-state index is -0.319. The minimum Gasteiger partial charge on any atom is -0.493 e. The third-order valence-corrected chi connectivity index (χ3v) is 6.45. The van der Waals surface area contributed by atoms with Crippen molar-refractivity contribution in [1.82, 2.24) is 0 Å².